The summed E-state index contributed by atoms with van der Waals surface area (Å²) >= 11 is 0. The van der Waals surface area contributed by atoms with Crippen LogP contribution in [0.1, 0.15) is 101 Å². The minimum absolute atomic E-state index is 0.00572. The Morgan fingerprint density at radius 3 is 2.59 bits per heavy atom. The van der Waals surface area contributed by atoms with Gasteiger partial charge >= 0.3 is 0 Å². The minimum atomic E-state index is -0.165. The molecule has 0 radical (unpaired) electrons. The fourth-order valence-corrected chi connectivity index (χ4v) is 5.48. The van der Waals surface area contributed by atoms with Crippen LogP contribution >= 0.6 is 0 Å². The first kappa shape index (κ1) is 24.6. The van der Waals surface area contributed by atoms with Crippen LogP contribution in [0.15, 0.2) is 23.0 Å². The van der Waals surface area contributed by atoms with Crippen LogP contribution in [0, 0.1) is 13.8 Å². The number of hydrogen-bond donors (Lipinski definition) is 1. The number of pyridine rings is 1. The van der Waals surface area contributed by atoms with Crippen molar-refractivity contribution in [3.8, 4) is 0 Å². The van der Waals surface area contributed by atoms with Crippen LogP contribution in [0.25, 0.3) is 10.9 Å². The molecular weight excluding hydrogens is 424 g/mol. The van der Waals surface area contributed by atoms with Gasteiger partial charge in [0.2, 0.25) is 0 Å². The molecule has 1 unspecified atom stereocenters. The number of aryl methyl sites for hydroxylation is 2. The molecule has 0 spiro atoms. The van der Waals surface area contributed by atoms with Crippen molar-refractivity contribution in [1.29, 1.82) is 0 Å². The third-order valence-electron chi connectivity index (χ3n) is 7.71. The minimum Gasteiger partial charge on any atom is -0.321 e. The largest absolute Gasteiger partial charge is 0.321 e. The van der Waals surface area contributed by atoms with Crippen LogP contribution in [0.4, 0.5) is 0 Å². The van der Waals surface area contributed by atoms with Crippen LogP contribution in [-0.4, -0.2) is 36.1 Å². The van der Waals surface area contributed by atoms with E-state index in [-0.39, 0.29) is 17.1 Å². The van der Waals surface area contributed by atoms with Crippen LogP contribution in [0.2, 0.25) is 0 Å². The standard InChI is InChI=1S/C27H40N6O/c1-7-11-23(25-29-30-31-33(25)27(5,6)8-2)32(22-12-9-10-13-22)17-21-16-20-15-18(3)14-19(4)24(20)28-26(21)34/h14-16,22-23H,7-13,17H2,1-6H3,(H,28,34). The van der Waals surface area contributed by atoms with E-state index in [4.69, 9.17) is 0 Å². The maximum absolute atomic E-state index is 13.2. The second-order valence-corrected chi connectivity index (χ2v) is 10.7. The molecule has 1 atom stereocenters. The van der Waals surface area contributed by atoms with Crippen molar-refractivity contribution in [1.82, 2.24) is 30.1 Å². The van der Waals surface area contributed by atoms with E-state index in [0.29, 0.717) is 12.6 Å². The first-order chi connectivity index (χ1) is 16.2. The van der Waals surface area contributed by atoms with Gasteiger partial charge in [0.1, 0.15) is 0 Å². The van der Waals surface area contributed by atoms with E-state index in [1.807, 2.05) is 4.68 Å². The number of aromatic amines is 1. The Morgan fingerprint density at radius 1 is 1.18 bits per heavy atom. The van der Waals surface area contributed by atoms with Gasteiger partial charge in [0.15, 0.2) is 5.82 Å². The topological polar surface area (TPSA) is 79.7 Å². The summed E-state index contributed by atoms with van der Waals surface area (Å²) in [5, 5.41) is 14.2. The van der Waals surface area contributed by atoms with Gasteiger partial charge in [0.05, 0.1) is 17.1 Å². The predicted molar refractivity (Wildman–Crippen MR) is 137 cm³/mol. The summed E-state index contributed by atoms with van der Waals surface area (Å²) in [7, 11) is 0. The van der Waals surface area contributed by atoms with E-state index in [1.165, 1.54) is 18.4 Å². The van der Waals surface area contributed by atoms with Gasteiger partial charge in [-0.1, -0.05) is 44.7 Å². The van der Waals surface area contributed by atoms with Crippen molar-refractivity contribution in [2.75, 3.05) is 0 Å². The van der Waals surface area contributed by atoms with E-state index in [9.17, 15) is 4.79 Å². The highest BCUT2D eigenvalue weighted by molar-refractivity contribution is 5.82. The lowest BCUT2D eigenvalue weighted by atomic mass is 9.99. The van der Waals surface area contributed by atoms with Crippen LogP contribution in [0.5, 0.6) is 0 Å². The molecule has 1 fully saturated rings. The summed E-state index contributed by atoms with van der Waals surface area (Å²) in [6, 6.07) is 6.88. The summed E-state index contributed by atoms with van der Waals surface area (Å²) in [6.07, 6.45) is 7.71. The number of hydrogen-bond acceptors (Lipinski definition) is 5. The molecule has 7 heteroatoms. The number of tetrazole rings is 1. The molecular formula is C27H40N6O. The van der Waals surface area contributed by atoms with Gasteiger partial charge in [-0.15, -0.1) is 5.10 Å². The van der Waals surface area contributed by atoms with Crippen LogP contribution < -0.4 is 5.56 Å². The van der Waals surface area contributed by atoms with E-state index in [1.54, 1.807) is 0 Å². The van der Waals surface area contributed by atoms with E-state index < -0.39 is 0 Å². The lowest BCUT2D eigenvalue weighted by Crippen LogP contribution is -2.41. The van der Waals surface area contributed by atoms with Gasteiger partial charge in [0, 0.05) is 18.2 Å². The normalized spacial score (nSPS) is 16.1. The number of H-pyrrole nitrogens is 1. The van der Waals surface area contributed by atoms with Gasteiger partial charge in [0.25, 0.3) is 5.56 Å². The van der Waals surface area contributed by atoms with Gasteiger partial charge in [-0.25, -0.2) is 4.68 Å². The average Bonchev–Trinajstić information content (AvgIpc) is 3.49. The molecule has 1 aliphatic rings. The number of benzene rings is 1. The first-order valence-electron chi connectivity index (χ1n) is 12.9. The average molecular weight is 465 g/mol. The van der Waals surface area contributed by atoms with Crippen molar-refractivity contribution < 1.29 is 0 Å². The Balaban J connectivity index is 1.79. The third-order valence-corrected chi connectivity index (χ3v) is 7.71. The quantitative estimate of drug-likeness (QED) is 0.448. The van der Waals surface area contributed by atoms with Gasteiger partial charge in [-0.05, 0) is 86.9 Å². The summed E-state index contributed by atoms with van der Waals surface area (Å²) in [5.74, 6) is 0.921. The molecule has 1 N–H and O–H groups in total. The van der Waals surface area contributed by atoms with Crippen LogP contribution in [0.3, 0.4) is 0 Å². The lowest BCUT2D eigenvalue weighted by molar-refractivity contribution is 0.102. The zero-order valence-electron chi connectivity index (χ0n) is 21.7. The van der Waals surface area contributed by atoms with E-state index >= 15 is 0 Å². The maximum Gasteiger partial charge on any atom is 0.252 e. The Labute approximate surface area is 202 Å². The first-order valence-corrected chi connectivity index (χ1v) is 12.9. The summed E-state index contributed by atoms with van der Waals surface area (Å²) in [6.45, 7) is 13.5. The Morgan fingerprint density at radius 2 is 1.91 bits per heavy atom. The third kappa shape index (κ3) is 4.81. The SMILES string of the molecule is CCCC(c1nnnn1C(C)(C)CC)N(Cc1cc2cc(C)cc(C)c2[nH]c1=O)C1CCCC1. The molecule has 34 heavy (non-hydrogen) atoms. The van der Waals surface area contributed by atoms with Gasteiger partial charge in [-0.3, -0.25) is 9.69 Å². The molecule has 7 nitrogen and oxygen atoms in total. The second kappa shape index (κ2) is 9.98. The van der Waals surface area contributed by atoms with E-state index in [0.717, 1.165) is 60.0 Å². The molecule has 0 aliphatic heterocycles. The zero-order chi connectivity index (χ0) is 24.5. The fourth-order valence-electron chi connectivity index (χ4n) is 5.48. The highest BCUT2D eigenvalue weighted by Gasteiger charge is 2.35. The van der Waals surface area contributed by atoms with Crippen molar-refractivity contribution in [2.45, 2.75) is 111 Å². The van der Waals surface area contributed by atoms with Crippen molar-refractivity contribution in [3.63, 3.8) is 0 Å². The van der Waals surface area contributed by atoms with Gasteiger partial charge < -0.3 is 4.98 Å². The number of nitrogens with one attached hydrogen (secondary N) is 1. The molecule has 1 aromatic carbocycles. The molecule has 3 aromatic rings. The highest BCUT2D eigenvalue weighted by atomic mass is 16.1. The second-order valence-electron chi connectivity index (χ2n) is 10.7. The smallest absolute Gasteiger partial charge is 0.252 e. The zero-order valence-corrected chi connectivity index (χ0v) is 21.7. The predicted octanol–water partition coefficient (Wildman–Crippen LogP) is 5.56. The molecule has 1 aliphatic carbocycles. The number of fused-ring (bicyclic) bond motifs is 1. The van der Waals surface area contributed by atoms with Crippen molar-refractivity contribution >= 4 is 10.9 Å². The molecule has 1 saturated carbocycles. The molecule has 2 aromatic heterocycles. The summed E-state index contributed by atoms with van der Waals surface area (Å²) in [5.41, 5.74) is 3.91. The number of aromatic nitrogens is 5. The Hall–Kier alpha value is -2.54. The van der Waals surface area contributed by atoms with Gasteiger partial charge in [-0.2, -0.15) is 0 Å². The fraction of sp³-hybridized carbons (Fsp3) is 0.630. The molecule has 0 amide bonds. The highest BCUT2D eigenvalue weighted by Crippen LogP contribution is 2.36. The molecule has 184 valence electrons. The maximum atomic E-state index is 13.2. The summed E-state index contributed by atoms with van der Waals surface area (Å²) < 4.78 is 2.02. The summed E-state index contributed by atoms with van der Waals surface area (Å²) in [4.78, 5) is 18.9. The van der Waals surface area contributed by atoms with Crippen molar-refractivity contribution in [3.05, 3.63) is 51.1 Å². The number of nitrogens with zero attached hydrogens (tertiary/aromatic N) is 5. The Kier molecular flexibility index (Phi) is 7.22. The molecule has 0 bridgehead atoms. The van der Waals surface area contributed by atoms with Crippen LogP contribution in [-0.2, 0) is 12.1 Å². The lowest BCUT2D eigenvalue weighted by Gasteiger charge is -2.37. The molecule has 0 saturated heterocycles. The number of rotatable bonds is 9. The van der Waals surface area contributed by atoms with E-state index in [2.05, 4.69) is 85.2 Å². The van der Waals surface area contributed by atoms with Crippen molar-refractivity contribution in [2.24, 2.45) is 0 Å². The monoisotopic (exact) mass is 464 g/mol. The Bertz CT molecular complexity index is 1190. The molecule has 4 rings (SSSR count). The molecule has 2 heterocycles.